The van der Waals surface area contributed by atoms with Crippen LogP contribution in [0.1, 0.15) is 45.0 Å². The molecule has 0 bridgehead atoms. The summed E-state index contributed by atoms with van der Waals surface area (Å²) in [5.74, 6) is -0.431. The summed E-state index contributed by atoms with van der Waals surface area (Å²) in [5.41, 5.74) is 3.64. The molecular weight excluding hydrogens is 335 g/mol. The summed E-state index contributed by atoms with van der Waals surface area (Å²) in [6.45, 7) is 8.33. The first-order valence-electron chi connectivity index (χ1n) is 7.24. The predicted octanol–water partition coefficient (Wildman–Crippen LogP) is 4.04. The quantitative estimate of drug-likeness (QED) is 0.899. The molecule has 1 aromatic carbocycles. The number of nitrogens with one attached hydrogen (secondary N) is 1. The maximum absolute atomic E-state index is 14.4. The van der Waals surface area contributed by atoms with Gasteiger partial charge < -0.3 is 0 Å². The highest BCUT2D eigenvalue weighted by Crippen LogP contribution is 2.30. The van der Waals surface area contributed by atoms with Gasteiger partial charge in [-0.15, -0.1) is 11.3 Å². The Bertz CT molecular complexity index is 808. The summed E-state index contributed by atoms with van der Waals surface area (Å²) in [4.78, 5) is 5.08. The molecule has 0 amide bonds. The molecule has 1 N–H and O–H groups in total. The first-order valence-corrected chi connectivity index (χ1v) is 9.61. The fraction of sp³-hybridized carbons (Fsp3) is 0.438. The number of benzene rings is 1. The van der Waals surface area contributed by atoms with Crippen molar-refractivity contribution in [3.63, 3.8) is 0 Å². The van der Waals surface area contributed by atoms with Gasteiger partial charge in [0.15, 0.2) is 0 Å². The summed E-state index contributed by atoms with van der Waals surface area (Å²) in [6.07, 6.45) is 0. The maximum atomic E-state index is 14.4. The third kappa shape index (κ3) is 3.79. The van der Waals surface area contributed by atoms with Gasteiger partial charge >= 0.3 is 0 Å². The molecule has 0 saturated carbocycles. The van der Waals surface area contributed by atoms with Gasteiger partial charge in [-0.2, -0.15) is 0 Å². The van der Waals surface area contributed by atoms with Crippen LogP contribution in [0.5, 0.6) is 0 Å². The number of aryl methyl sites for hydroxylation is 1. The van der Waals surface area contributed by atoms with Crippen LogP contribution in [0.4, 0.5) is 4.39 Å². The molecule has 1 aromatic heterocycles. The number of hydrogen-bond acceptors (Lipinski definition) is 4. The molecule has 0 aliphatic heterocycles. The van der Waals surface area contributed by atoms with Gasteiger partial charge in [0.2, 0.25) is 10.0 Å². The molecule has 0 saturated heterocycles. The number of sulfonamides is 1. The molecule has 0 radical (unpaired) electrons. The van der Waals surface area contributed by atoms with Gasteiger partial charge in [-0.05, 0) is 46.2 Å². The van der Waals surface area contributed by atoms with E-state index in [1.807, 2.05) is 6.92 Å². The van der Waals surface area contributed by atoms with E-state index in [2.05, 4.69) is 9.71 Å². The second kappa shape index (κ2) is 6.30. The van der Waals surface area contributed by atoms with Gasteiger partial charge in [0.25, 0.3) is 0 Å². The SMILES string of the molecule is Cc1ncsc1-c1ccc([C@H](C)NS(=O)(=O)C(C)(C)C)c(F)c1. The molecule has 0 unspecified atom stereocenters. The largest absolute Gasteiger partial charge is 0.249 e. The summed E-state index contributed by atoms with van der Waals surface area (Å²) in [5, 5.41) is 0. The van der Waals surface area contributed by atoms with E-state index in [1.165, 1.54) is 17.4 Å². The average Bonchev–Trinajstić information content (AvgIpc) is 2.82. The number of rotatable bonds is 4. The second-order valence-corrected chi connectivity index (χ2v) is 9.78. The Labute approximate surface area is 140 Å². The van der Waals surface area contributed by atoms with Crippen LogP contribution in [-0.4, -0.2) is 18.1 Å². The Kier molecular flexibility index (Phi) is 4.94. The zero-order valence-corrected chi connectivity index (χ0v) is 15.5. The Hall–Kier alpha value is -1.31. The minimum Gasteiger partial charge on any atom is -0.249 e. The van der Waals surface area contributed by atoms with E-state index in [0.29, 0.717) is 5.56 Å². The highest BCUT2D eigenvalue weighted by molar-refractivity contribution is 7.90. The van der Waals surface area contributed by atoms with Crippen molar-refractivity contribution in [3.8, 4) is 10.4 Å². The Morgan fingerprint density at radius 3 is 2.43 bits per heavy atom. The molecule has 1 atom stereocenters. The van der Waals surface area contributed by atoms with Crippen LogP contribution < -0.4 is 4.72 Å². The molecule has 2 rings (SSSR count). The van der Waals surface area contributed by atoms with Crippen LogP contribution in [0.2, 0.25) is 0 Å². The van der Waals surface area contributed by atoms with Crippen molar-refractivity contribution in [2.75, 3.05) is 0 Å². The summed E-state index contributed by atoms with van der Waals surface area (Å²) < 4.78 is 40.5. The number of aromatic nitrogens is 1. The molecule has 0 fully saturated rings. The zero-order chi connectivity index (χ0) is 17.4. The van der Waals surface area contributed by atoms with Gasteiger partial charge in [0.05, 0.1) is 20.8 Å². The lowest BCUT2D eigenvalue weighted by atomic mass is 10.0. The summed E-state index contributed by atoms with van der Waals surface area (Å²) in [7, 11) is -3.55. The topological polar surface area (TPSA) is 59.1 Å². The van der Waals surface area contributed by atoms with Crippen LogP contribution in [0.15, 0.2) is 23.7 Å². The lowest BCUT2D eigenvalue weighted by Crippen LogP contribution is -2.40. The third-order valence-electron chi connectivity index (χ3n) is 3.61. The van der Waals surface area contributed by atoms with Crippen LogP contribution in [0.25, 0.3) is 10.4 Å². The van der Waals surface area contributed by atoms with Crippen molar-refractivity contribution >= 4 is 21.4 Å². The van der Waals surface area contributed by atoms with Gasteiger partial charge in [-0.1, -0.05) is 12.1 Å². The molecule has 126 valence electrons. The lowest BCUT2D eigenvalue weighted by molar-refractivity contribution is 0.523. The molecule has 2 aromatic rings. The fourth-order valence-corrected chi connectivity index (χ4v) is 3.82. The molecule has 4 nitrogen and oxygen atoms in total. The van der Waals surface area contributed by atoms with E-state index >= 15 is 0 Å². The first-order chi connectivity index (χ1) is 10.5. The van der Waals surface area contributed by atoms with Crippen LogP contribution in [0.3, 0.4) is 0 Å². The highest BCUT2D eigenvalue weighted by Gasteiger charge is 2.31. The molecule has 0 aliphatic carbocycles. The molecule has 23 heavy (non-hydrogen) atoms. The maximum Gasteiger partial charge on any atom is 0.217 e. The Balaban J connectivity index is 2.30. The molecule has 7 heteroatoms. The standard InChI is InChI=1S/C16H21FN2O2S2/c1-10(19-23(20,21)16(3,4)5)13-7-6-12(8-14(13)17)15-11(2)18-9-22-15/h6-10,19H,1-5H3/t10-/m0/s1. The molecule has 0 aliphatic rings. The van der Waals surface area contributed by atoms with Gasteiger partial charge in [-0.25, -0.2) is 22.5 Å². The van der Waals surface area contributed by atoms with Gasteiger partial charge in [0.1, 0.15) is 5.82 Å². The average molecular weight is 356 g/mol. The van der Waals surface area contributed by atoms with E-state index in [9.17, 15) is 12.8 Å². The minimum absolute atomic E-state index is 0.323. The van der Waals surface area contributed by atoms with E-state index in [0.717, 1.165) is 16.1 Å². The number of nitrogens with zero attached hydrogens (tertiary/aromatic N) is 1. The van der Waals surface area contributed by atoms with Crippen molar-refractivity contribution in [3.05, 3.63) is 40.8 Å². The zero-order valence-electron chi connectivity index (χ0n) is 13.8. The monoisotopic (exact) mass is 356 g/mol. The minimum atomic E-state index is -3.55. The number of thiazole rings is 1. The predicted molar refractivity (Wildman–Crippen MR) is 92.5 cm³/mol. The van der Waals surface area contributed by atoms with Crippen molar-refractivity contribution in [2.45, 2.75) is 45.4 Å². The molecular formula is C16H21FN2O2S2. The van der Waals surface area contributed by atoms with Crippen LogP contribution in [-0.2, 0) is 10.0 Å². The van der Waals surface area contributed by atoms with E-state index in [4.69, 9.17) is 0 Å². The first kappa shape index (κ1) is 18.0. The summed E-state index contributed by atoms with van der Waals surface area (Å²) >= 11 is 1.45. The Morgan fingerprint density at radius 2 is 1.96 bits per heavy atom. The number of halogens is 1. The fourth-order valence-electron chi connectivity index (χ4n) is 2.07. The van der Waals surface area contributed by atoms with Crippen molar-refractivity contribution < 1.29 is 12.8 Å². The molecule has 0 spiro atoms. The van der Waals surface area contributed by atoms with Gasteiger partial charge in [-0.3, -0.25) is 0 Å². The second-order valence-electron chi connectivity index (χ2n) is 6.46. The van der Waals surface area contributed by atoms with Crippen LogP contribution >= 0.6 is 11.3 Å². The number of hydrogen-bond donors (Lipinski definition) is 1. The highest BCUT2D eigenvalue weighted by atomic mass is 32.2. The smallest absolute Gasteiger partial charge is 0.217 e. The van der Waals surface area contributed by atoms with Crippen LogP contribution in [0, 0.1) is 12.7 Å². The van der Waals surface area contributed by atoms with Crippen molar-refractivity contribution in [2.24, 2.45) is 0 Å². The third-order valence-corrected chi connectivity index (χ3v) is 6.87. The van der Waals surface area contributed by atoms with Crippen molar-refractivity contribution in [1.29, 1.82) is 0 Å². The van der Waals surface area contributed by atoms with Gasteiger partial charge in [0, 0.05) is 11.6 Å². The van der Waals surface area contributed by atoms with E-state index in [1.54, 1.807) is 45.3 Å². The molecule has 1 heterocycles. The van der Waals surface area contributed by atoms with E-state index < -0.39 is 26.6 Å². The van der Waals surface area contributed by atoms with E-state index in [-0.39, 0.29) is 0 Å². The lowest BCUT2D eigenvalue weighted by Gasteiger charge is -2.23. The normalized spacial score (nSPS) is 14.0. The van der Waals surface area contributed by atoms with Crippen molar-refractivity contribution in [1.82, 2.24) is 9.71 Å². The Morgan fingerprint density at radius 1 is 1.30 bits per heavy atom. The summed E-state index contributed by atoms with van der Waals surface area (Å²) in [6, 6.07) is 4.20.